The third-order valence-corrected chi connectivity index (χ3v) is 14.0. The van der Waals surface area contributed by atoms with Crippen LogP contribution in [0.25, 0.3) is 39.0 Å². The van der Waals surface area contributed by atoms with Gasteiger partial charge >= 0.3 is 0 Å². The van der Waals surface area contributed by atoms with Crippen LogP contribution in [0, 0.1) is 41.5 Å². The molecule has 320 valence electrons. The van der Waals surface area contributed by atoms with Gasteiger partial charge in [-0.3, -0.25) is 0 Å². The van der Waals surface area contributed by atoms with Crippen LogP contribution < -0.4 is 10.2 Å². The standard InChI is InChI=1S/C63H58N2/c1-41-33-43(3)60(44(4)34-41)64-63(53-28-23-49(24-29-53)47-17-11-9-12-18-47)39-52(51-27-32-57-56-21-15-16-22-58(56)62(7,8)59(57)38-51)37-55(40-63)65(61-45(5)35-42(2)36-46(61)6)54-30-25-50(26-31-54)48-19-13-10-14-20-48/h9-39,64H,40H2,1-8H3. The summed E-state index contributed by atoms with van der Waals surface area (Å²) < 4.78 is 0. The molecule has 1 atom stereocenters. The predicted molar refractivity (Wildman–Crippen MR) is 277 cm³/mol. The molecule has 0 saturated carbocycles. The molecule has 0 fully saturated rings. The number of nitrogens with zero attached hydrogens (tertiary/aromatic N) is 1. The third-order valence-electron chi connectivity index (χ3n) is 14.0. The van der Waals surface area contributed by atoms with E-state index in [4.69, 9.17) is 0 Å². The topological polar surface area (TPSA) is 15.3 Å². The van der Waals surface area contributed by atoms with Gasteiger partial charge in [-0.15, -0.1) is 0 Å². The van der Waals surface area contributed by atoms with Crippen LogP contribution in [0.15, 0.2) is 194 Å². The molecule has 2 aliphatic rings. The Morgan fingerprint density at radius 1 is 0.462 bits per heavy atom. The third kappa shape index (κ3) is 7.61. The zero-order valence-electron chi connectivity index (χ0n) is 39.1. The number of hydrogen-bond donors (Lipinski definition) is 1. The molecule has 65 heavy (non-hydrogen) atoms. The maximum absolute atomic E-state index is 4.33. The molecule has 0 amide bonds. The largest absolute Gasteiger partial charge is 0.371 e. The Labute approximate surface area is 386 Å². The molecule has 0 radical (unpaired) electrons. The molecule has 2 heteroatoms. The lowest BCUT2D eigenvalue weighted by Crippen LogP contribution is -2.39. The minimum Gasteiger partial charge on any atom is -0.371 e. The first-order chi connectivity index (χ1) is 31.4. The minimum atomic E-state index is -0.647. The van der Waals surface area contributed by atoms with Crippen molar-refractivity contribution < 1.29 is 0 Å². The number of rotatable bonds is 9. The number of aryl methyl sites for hydroxylation is 6. The van der Waals surface area contributed by atoms with Crippen molar-refractivity contribution in [1.82, 2.24) is 0 Å². The summed E-state index contributed by atoms with van der Waals surface area (Å²) in [5.74, 6) is 0. The van der Waals surface area contributed by atoms with Crippen LogP contribution in [0.2, 0.25) is 0 Å². The predicted octanol–water partition coefficient (Wildman–Crippen LogP) is 16.7. The van der Waals surface area contributed by atoms with Gasteiger partial charge in [0.05, 0.1) is 11.2 Å². The van der Waals surface area contributed by atoms with Crippen LogP contribution in [-0.4, -0.2) is 0 Å². The van der Waals surface area contributed by atoms with Crippen LogP contribution in [-0.2, 0) is 11.0 Å². The Morgan fingerprint density at radius 3 is 1.55 bits per heavy atom. The lowest BCUT2D eigenvalue weighted by Gasteiger charge is -2.42. The van der Waals surface area contributed by atoms with Gasteiger partial charge in [-0.05, 0) is 155 Å². The van der Waals surface area contributed by atoms with Gasteiger partial charge in [0, 0.05) is 28.9 Å². The van der Waals surface area contributed by atoms with Gasteiger partial charge in [0.15, 0.2) is 0 Å². The van der Waals surface area contributed by atoms with Crippen LogP contribution in [0.4, 0.5) is 17.1 Å². The fourth-order valence-electron chi connectivity index (χ4n) is 11.0. The number of benzene rings is 8. The molecule has 8 aromatic rings. The maximum atomic E-state index is 4.33. The molecular weight excluding hydrogens is 785 g/mol. The van der Waals surface area contributed by atoms with Gasteiger partial charge in [0.2, 0.25) is 0 Å². The molecule has 0 saturated heterocycles. The number of hydrogen-bond acceptors (Lipinski definition) is 2. The number of anilines is 3. The highest BCUT2D eigenvalue weighted by molar-refractivity contribution is 5.88. The van der Waals surface area contributed by atoms with Crippen molar-refractivity contribution in [2.45, 2.75) is 72.8 Å². The zero-order valence-corrected chi connectivity index (χ0v) is 39.1. The van der Waals surface area contributed by atoms with Crippen molar-refractivity contribution in [2.75, 3.05) is 10.2 Å². The number of nitrogens with one attached hydrogen (secondary N) is 1. The van der Waals surface area contributed by atoms with Crippen molar-refractivity contribution in [3.8, 4) is 33.4 Å². The van der Waals surface area contributed by atoms with Gasteiger partial charge in [-0.25, -0.2) is 0 Å². The van der Waals surface area contributed by atoms with Gasteiger partial charge < -0.3 is 10.2 Å². The van der Waals surface area contributed by atoms with E-state index in [1.807, 2.05) is 0 Å². The fourth-order valence-corrected chi connectivity index (χ4v) is 11.0. The second kappa shape index (κ2) is 16.4. The van der Waals surface area contributed by atoms with E-state index < -0.39 is 5.54 Å². The molecule has 2 nitrogen and oxygen atoms in total. The molecule has 2 aliphatic carbocycles. The number of fused-ring (bicyclic) bond motifs is 3. The molecule has 0 aromatic heterocycles. The fraction of sp³-hybridized carbons (Fsp3) is 0.175. The summed E-state index contributed by atoms with van der Waals surface area (Å²) in [4.78, 5) is 2.56. The minimum absolute atomic E-state index is 0.134. The zero-order chi connectivity index (χ0) is 45.0. The van der Waals surface area contributed by atoms with Crippen molar-refractivity contribution in [3.05, 3.63) is 249 Å². The molecule has 1 unspecified atom stereocenters. The maximum Gasteiger partial charge on any atom is 0.0873 e. The van der Waals surface area contributed by atoms with Crippen LogP contribution in [0.1, 0.15) is 75.9 Å². The van der Waals surface area contributed by atoms with Gasteiger partial charge in [-0.1, -0.05) is 183 Å². The molecule has 0 heterocycles. The van der Waals surface area contributed by atoms with Crippen LogP contribution in [0.3, 0.4) is 0 Å². The van der Waals surface area contributed by atoms with Crippen molar-refractivity contribution in [1.29, 1.82) is 0 Å². The van der Waals surface area contributed by atoms with Crippen molar-refractivity contribution >= 4 is 22.6 Å². The summed E-state index contributed by atoms with van der Waals surface area (Å²) in [6, 6.07) is 65.4. The Balaban J connectivity index is 1.23. The summed E-state index contributed by atoms with van der Waals surface area (Å²) in [5, 5.41) is 4.33. The highest BCUT2D eigenvalue weighted by Crippen LogP contribution is 2.51. The highest BCUT2D eigenvalue weighted by Gasteiger charge is 2.40. The first-order valence-electron chi connectivity index (χ1n) is 23.1. The molecular formula is C63H58N2. The van der Waals surface area contributed by atoms with E-state index >= 15 is 0 Å². The van der Waals surface area contributed by atoms with Crippen molar-refractivity contribution in [2.24, 2.45) is 0 Å². The Hall–Kier alpha value is -7.16. The van der Waals surface area contributed by atoms with E-state index in [0.29, 0.717) is 6.42 Å². The Morgan fingerprint density at radius 2 is 0.954 bits per heavy atom. The Kier molecular flexibility index (Phi) is 10.6. The molecule has 1 N–H and O–H groups in total. The van der Waals surface area contributed by atoms with Crippen LogP contribution in [0.5, 0.6) is 0 Å². The van der Waals surface area contributed by atoms with E-state index in [1.54, 1.807) is 0 Å². The monoisotopic (exact) mass is 842 g/mol. The van der Waals surface area contributed by atoms with E-state index in [-0.39, 0.29) is 5.41 Å². The highest BCUT2D eigenvalue weighted by atomic mass is 15.2. The SMILES string of the molecule is Cc1cc(C)c(NC2(c3ccc(-c4ccccc4)cc3)C=C(c3ccc4c(c3)C(C)(C)c3ccccc3-4)C=C(N(c3ccc(-c4ccccc4)cc3)c3c(C)cc(C)cc3C)C2)c(C)c1. The van der Waals surface area contributed by atoms with Gasteiger partial charge in [0.25, 0.3) is 0 Å². The summed E-state index contributed by atoms with van der Waals surface area (Å²) >= 11 is 0. The van der Waals surface area contributed by atoms with Crippen LogP contribution >= 0.6 is 0 Å². The first-order valence-corrected chi connectivity index (χ1v) is 23.1. The molecule has 8 aromatic carbocycles. The van der Waals surface area contributed by atoms with E-state index in [9.17, 15) is 0 Å². The van der Waals surface area contributed by atoms with E-state index in [2.05, 4.69) is 254 Å². The quantitative estimate of drug-likeness (QED) is 0.156. The summed E-state index contributed by atoms with van der Waals surface area (Å²) in [6.45, 7) is 18.2. The summed E-state index contributed by atoms with van der Waals surface area (Å²) in [5.41, 5.74) is 25.3. The molecule has 0 bridgehead atoms. The van der Waals surface area contributed by atoms with Gasteiger partial charge in [-0.2, -0.15) is 0 Å². The average molecular weight is 843 g/mol. The first kappa shape index (κ1) is 41.8. The molecule has 10 rings (SSSR count). The second-order valence-corrected chi connectivity index (χ2v) is 19.2. The normalized spacial score (nSPS) is 16.0. The second-order valence-electron chi connectivity index (χ2n) is 19.2. The smallest absolute Gasteiger partial charge is 0.0873 e. The summed E-state index contributed by atoms with van der Waals surface area (Å²) in [7, 11) is 0. The average Bonchev–Trinajstić information content (AvgIpc) is 3.54. The van der Waals surface area contributed by atoms with Crippen molar-refractivity contribution in [3.63, 3.8) is 0 Å². The lowest BCUT2D eigenvalue weighted by molar-refractivity contribution is 0.593. The number of allylic oxidation sites excluding steroid dienone is 2. The Bertz CT molecular complexity index is 3100. The summed E-state index contributed by atoms with van der Waals surface area (Å²) in [6.07, 6.45) is 5.71. The molecule has 0 aliphatic heterocycles. The lowest BCUT2D eigenvalue weighted by atomic mass is 9.76. The van der Waals surface area contributed by atoms with E-state index in [0.717, 1.165) is 5.69 Å². The molecule has 0 spiro atoms. The van der Waals surface area contributed by atoms with E-state index in [1.165, 1.54) is 112 Å². The van der Waals surface area contributed by atoms with Gasteiger partial charge in [0.1, 0.15) is 0 Å².